The Hall–Kier alpha value is -3.46. The SMILES string of the molecule is CN(C)[C@H]1C(=O)C(C(N)=O)=C(O)C2=C(O)C3=C(O)c4c(O)ccc(N5CCCC5)c4C[C@H]3C[C@H]21. The van der Waals surface area contributed by atoms with Gasteiger partial charge in [0, 0.05) is 35.8 Å². The number of hydrogen-bond acceptors (Lipinski definition) is 8. The Bertz CT molecular complexity index is 1210. The number of aliphatic hydroxyl groups is 3. The standard InChI is InChI=1S/C25H29N3O6/c1-27(2)20-13-10-11-9-12-14(28-7-3-4-8-28)5-6-15(29)17(12)21(30)16(11)22(31)18(13)23(32)19(24(20)33)25(26)34/h5-6,11,13,20,29-32H,3-4,7-10H2,1-2H3,(H2,26,34)/t11-,13+,20+/m0/s1. The monoisotopic (exact) mass is 467 g/mol. The van der Waals surface area contributed by atoms with Gasteiger partial charge in [0.2, 0.25) is 0 Å². The van der Waals surface area contributed by atoms with Gasteiger partial charge < -0.3 is 31.1 Å². The number of ketones is 1. The molecule has 0 radical (unpaired) electrons. The van der Waals surface area contributed by atoms with E-state index >= 15 is 0 Å². The predicted molar refractivity (Wildman–Crippen MR) is 125 cm³/mol. The molecule has 5 rings (SSSR count). The van der Waals surface area contributed by atoms with Gasteiger partial charge in [-0.2, -0.15) is 0 Å². The summed E-state index contributed by atoms with van der Waals surface area (Å²) in [5.41, 5.74) is 7.12. The van der Waals surface area contributed by atoms with Gasteiger partial charge in [0.15, 0.2) is 5.78 Å². The van der Waals surface area contributed by atoms with Crippen molar-refractivity contribution >= 4 is 23.1 Å². The van der Waals surface area contributed by atoms with Crippen molar-refractivity contribution in [2.75, 3.05) is 32.1 Å². The molecule has 4 aliphatic rings. The fourth-order valence-electron chi connectivity index (χ4n) is 6.27. The zero-order chi connectivity index (χ0) is 24.5. The first kappa shape index (κ1) is 22.3. The van der Waals surface area contributed by atoms with Crippen LogP contribution >= 0.6 is 0 Å². The Morgan fingerprint density at radius 3 is 2.32 bits per heavy atom. The number of rotatable bonds is 3. The van der Waals surface area contributed by atoms with Gasteiger partial charge in [-0.15, -0.1) is 0 Å². The smallest absolute Gasteiger partial charge is 0.256 e. The van der Waals surface area contributed by atoms with E-state index in [9.17, 15) is 30.0 Å². The van der Waals surface area contributed by atoms with Crippen LogP contribution in [0.2, 0.25) is 0 Å². The van der Waals surface area contributed by atoms with Crippen molar-refractivity contribution < 1.29 is 30.0 Å². The zero-order valence-corrected chi connectivity index (χ0v) is 19.2. The fourth-order valence-corrected chi connectivity index (χ4v) is 6.27. The van der Waals surface area contributed by atoms with Crippen molar-refractivity contribution in [1.29, 1.82) is 0 Å². The number of anilines is 1. The number of phenols is 1. The Balaban J connectivity index is 1.74. The topological polar surface area (TPSA) is 148 Å². The van der Waals surface area contributed by atoms with E-state index < -0.39 is 35.0 Å². The molecule has 34 heavy (non-hydrogen) atoms. The fraction of sp³-hybridized carbons (Fsp3) is 0.440. The van der Waals surface area contributed by atoms with Crippen LogP contribution in [0.1, 0.15) is 30.4 Å². The second-order valence-electron chi connectivity index (χ2n) is 9.78. The maximum Gasteiger partial charge on any atom is 0.256 e. The summed E-state index contributed by atoms with van der Waals surface area (Å²) in [4.78, 5) is 29.0. The normalized spacial score (nSPS) is 26.7. The van der Waals surface area contributed by atoms with Crippen molar-refractivity contribution in [3.8, 4) is 5.75 Å². The van der Waals surface area contributed by atoms with E-state index in [1.165, 1.54) is 0 Å². The first-order valence-electron chi connectivity index (χ1n) is 11.5. The maximum atomic E-state index is 13.1. The highest BCUT2D eigenvalue weighted by molar-refractivity contribution is 6.22. The Morgan fingerprint density at radius 1 is 1.03 bits per heavy atom. The summed E-state index contributed by atoms with van der Waals surface area (Å²) >= 11 is 0. The molecule has 1 saturated heterocycles. The van der Waals surface area contributed by atoms with Crippen molar-refractivity contribution in [1.82, 2.24) is 4.90 Å². The van der Waals surface area contributed by atoms with Crippen molar-refractivity contribution in [3.63, 3.8) is 0 Å². The largest absolute Gasteiger partial charge is 0.507 e. The van der Waals surface area contributed by atoms with Crippen molar-refractivity contribution in [2.45, 2.75) is 31.7 Å². The predicted octanol–water partition coefficient (Wildman–Crippen LogP) is 2.08. The van der Waals surface area contributed by atoms with Gasteiger partial charge in [-0.05, 0) is 63.4 Å². The van der Waals surface area contributed by atoms with Crippen LogP contribution in [0, 0.1) is 11.8 Å². The minimum Gasteiger partial charge on any atom is -0.507 e. The molecule has 0 bridgehead atoms. The van der Waals surface area contributed by atoms with E-state index in [2.05, 4.69) is 4.90 Å². The van der Waals surface area contributed by atoms with E-state index in [1.807, 2.05) is 6.07 Å². The molecule has 3 aliphatic carbocycles. The average molecular weight is 468 g/mol. The van der Waals surface area contributed by atoms with Crippen LogP contribution in [0.15, 0.2) is 40.4 Å². The lowest BCUT2D eigenvalue weighted by atomic mass is 9.64. The number of allylic oxidation sites excluding steroid dienone is 2. The number of likely N-dealkylation sites (N-methyl/N-ethyl adjacent to an activating group) is 1. The molecule has 9 nitrogen and oxygen atoms in total. The number of nitrogens with zero attached hydrogens (tertiary/aromatic N) is 2. The molecule has 1 aliphatic heterocycles. The van der Waals surface area contributed by atoms with Gasteiger partial charge in [0.1, 0.15) is 28.6 Å². The minimum absolute atomic E-state index is 0.0311. The summed E-state index contributed by atoms with van der Waals surface area (Å²) in [6, 6.07) is 2.61. The van der Waals surface area contributed by atoms with Crippen LogP contribution in [0.25, 0.3) is 5.76 Å². The molecular formula is C25H29N3O6. The Kier molecular flexibility index (Phi) is 5.12. The number of Topliss-reactive ketones (excluding diaryl/α,β-unsaturated/α-hetero) is 1. The van der Waals surface area contributed by atoms with E-state index in [1.54, 1.807) is 25.1 Å². The molecule has 0 spiro atoms. The quantitative estimate of drug-likeness (QED) is 0.425. The number of hydrogen-bond donors (Lipinski definition) is 5. The van der Waals surface area contributed by atoms with E-state index in [0.29, 0.717) is 12.8 Å². The summed E-state index contributed by atoms with van der Waals surface area (Å²) in [7, 11) is 3.39. The third kappa shape index (κ3) is 3.03. The molecule has 1 aromatic carbocycles. The number of benzene rings is 1. The summed E-state index contributed by atoms with van der Waals surface area (Å²) in [5.74, 6) is -3.95. The number of carbonyl (C=O) groups is 2. The van der Waals surface area contributed by atoms with Crippen LogP contribution in [0.5, 0.6) is 5.75 Å². The molecular weight excluding hydrogens is 438 g/mol. The maximum absolute atomic E-state index is 13.1. The van der Waals surface area contributed by atoms with Crippen LogP contribution in [0.3, 0.4) is 0 Å². The Labute approximate surface area is 197 Å². The van der Waals surface area contributed by atoms with E-state index in [4.69, 9.17) is 5.73 Å². The third-order valence-corrected chi connectivity index (χ3v) is 7.67. The van der Waals surface area contributed by atoms with Gasteiger partial charge >= 0.3 is 0 Å². The molecule has 9 heteroatoms. The van der Waals surface area contributed by atoms with Gasteiger partial charge in [0.05, 0.1) is 11.6 Å². The number of phenolic OH excluding ortho intramolecular Hbond substituents is 1. The summed E-state index contributed by atoms with van der Waals surface area (Å²) in [5, 5.41) is 44.1. The molecule has 0 saturated carbocycles. The van der Waals surface area contributed by atoms with Gasteiger partial charge in [-0.25, -0.2) is 0 Å². The zero-order valence-electron chi connectivity index (χ0n) is 19.2. The minimum atomic E-state index is -1.07. The number of carbonyl (C=O) groups excluding carboxylic acids is 2. The molecule has 0 unspecified atom stereocenters. The number of aromatic hydroxyl groups is 1. The molecule has 1 aromatic rings. The number of nitrogens with two attached hydrogens (primary N) is 1. The number of primary amides is 1. The highest BCUT2D eigenvalue weighted by Crippen LogP contribution is 2.53. The van der Waals surface area contributed by atoms with Gasteiger partial charge in [-0.1, -0.05) is 0 Å². The highest BCUT2D eigenvalue weighted by atomic mass is 16.3. The average Bonchev–Trinajstić information content (AvgIpc) is 3.27. The summed E-state index contributed by atoms with van der Waals surface area (Å²) in [6.45, 7) is 1.78. The first-order valence-corrected chi connectivity index (χ1v) is 11.5. The van der Waals surface area contributed by atoms with Crippen LogP contribution in [0.4, 0.5) is 5.69 Å². The lowest BCUT2D eigenvalue weighted by Crippen LogP contribution is -2.51. The lowest BCUT2D eigenvalue weighted by molar-refractivity contribution is -0.125. The molecule has 0 aromatic heterocycles. The first-order chi connectivity index (χ1) is 16.1. The molecule has 1 amide bonds. The van der Waals surface area contributed by atoms with Gasteiger partial charge in [0.25, 0.3) is 5.91 Å². The Morgan fingerprint density at radius 2 is 1.71 bits per heavy atom. The second-order valence-corrected chi connectivity index (χ2v) is 9.78. The second kappa shape index (κ2) is 7.80. The number of fused-ring (bicyclic) bond motifs is 3. The third-order valence-electron chi connectivity index (χ3n) is 7.67. The summed E-state index contributed by atoms with van der Waals surface area (Å²) in [6.07, 6.45) is 2.95. The van der Waals surface area contributed by atoms with E-state index in [0.717, 1.165) is 37.2 Å². The van der Waals surface area contributed by atoms with Crippen molar-refractivity contribution in [2.24, 2.45) is 17.6 Å². The molecule has 1 fully saturated rings. The van der Waals surface area contributed by atoms with Crippen LogP contribution in [-0.4, -0.2) is 70.2 Å². The van der Waals surface area contributed by atoms with Crippen LogP contribution in [-0.2, 0) is 16.0 Å². The molecule has 180 valence electrons. The molecule has 3 atom stereocenters. The summed E-state index contributed by atoms with van der Waals surface area (Å²) < 4.78 is 0. The van der Waals surface area contributed by atoms with Gasteiger partial charge in [-0.3, -0.25) is 14.5 Å². The number of aliphatic hydroxyl groups excluding tert-OH is 3. The molecule has 1 heterocycles. The lowest BCUT2D eigenvalue weighted by Gasteiger charge is -2.43. The van der Waals surface area contributed by atoms with Crippen LogP contribution < -0.4 is 10.6 Å². The van der Waals surface area contributed by atoms with E-state index in [-0.39, 0.29) is 39.9 Å². The number of amides is 1. The molecule has 6 N–H and O–H groups in total. The highest BCUT2D eigenvalue weighted by Gasteiger charge is 2.50. The van der Waals surface area contributed by atoms with Crippen molar-refractivity contribution in [3.05, 3.63) is 51.5 Å².